The molecule has 0 aliphatic carbocycles. The first-order valence-electron chi connectivity index (χ1n) is 12.4. The third-order valence-corrected chi connectivity index (χ3v) is 8.32. The number of sulfonamides is 1. The van der Waals surface area contributed by atoms with Crippen molar-refractivity contribution in [3.63, 3.8) is 0 Å². The number of hydrogen-bond acceptors (Lipinski definition) is 9. The van der Waals surface area contributed by atoms with Crippen LogP contribution in [0.5, 0.6) is 11.5 Å². The van der Waals surface area contributed by atoms with Crippen molar-refractivity contribution in [2.45, 2.75) is 38.5 Å². The second-order valence-electron chi connectivity index (χ2n) is 8.83. The number of aromatic nitrogens is 4. The van der Waals surface area contributed by atoms with Crippen LogP contribution in [0.25, 0.3) is 16.9 Å². The Labute approximate surface area is 215 Å². The zero-order chi connectivity index (χ0) is 26.7. The number of methoxy groups -OCH3 is 1. The predicted octanol–water partition coefficient (Wildman–Crippen LogP) is 1.05. The number of hydrogen-bond donors (Lipinski definition) is 2. The lowest BCUT2D eigenvalue weighted by atomic mass is 10.1. The molecule has 1 aliphatic heterocycles. The van der Waals surface area contributed by atoms with Gasteiger partial charge in [-0.05, 0) is 26.3 Å². The van der Waals surface area contributed by atoms with Gasteiger partial charge in [-0.3, -0.25) is 9.69 Å². The van der Waals surface area contributed by atoms with Gasteiger partial charge in [0.2, 0.25) is 10.0 Å². The monoisotopic (exact) mass is 534 g/mol. The van der Waals surface area contributed by atoms with Crippen LogP contribution in [0.3, 0.4) is 0 Å². The van der Waals surface area contributed by atoms with E-state index in [9.17, 15) is 18.3 Å². The van der Waals surface area contributed by atoms with E-state index in [2.05, 4.69) is 15.1 Å². The van der Waals surface area contributed by atoms with Crippen molar-refractivity contribution in [2.75, 3.05) is 53.0 Å². The molecule has 1 fully saturated rings. The lowest BCUT2D eigenvalue weighted by Gasteiger charge is -2.33. The quantitative estimate of drug-likeness (QED) is 0.390. The van der Waals surface area contributed by atoms with Crippen LogP contribution in [0, 0.1) is 6.92 Å². The molecule has 0 radical (unpaired) electrons. The molecule has 202 valence electrons. The van der Waals surface area contributed by atoms with E-state index in [-0.39, 0.29) is 41.7 Å². The highest BCUT2D eigenvalue weighted by atomic mass is 32.2. The summed E-state index contributed by atoms with van der Waals surface area (Å²) in [6.07, 6.45) is 1.46. The Balaban J connectivity index is 1.85. The van der Waals surface area contributed by atoms with Crippen molar-refractivity contribution >= 4 is 15.5 Å². The number of aryl methyl sites for hydroxylation is 2. The van der Waals surface area contributed by atoms with E-state index in [1.54, 1.807) is 6.92 Å². The van der Waals surface area contributed by atoms with Crippen molar-refractivity contribution in [3.8, 4) is 22.9 Å². The molecule has 13 heteroatoms. The number of aliphatic hydroxyl groups is 1. The highest BCUT2D eigenvalue weighted by molar-refractivity contribution is 7.89. The summed E-state index contributed by atoms with van der Waals surface area (Å²) in [5, 5.41) is 13.8. The number of β-amino-alcohol motifs (C(OH)–C–C–N with tert-alkyl or cyclic N) is 1. The Morgan fingerprint density at radius 3 is 2.49 bits per heavy atom. The van der Waals surface area contributed by atoms with Gasteiger partial charge < -0.3 is 19.6 Å². The van der Waals surface area contributed by atoms with Crippen LogP contribution in [-0.4, -0.2) is 95.4 Å². The number of fused-ring (bicyclic) bond motifs is 1. The number of piperazine rings is 1. The number of imidazole rings is 1. The zero-order valence-corrected chi connectivity index (χ0v) is 22.5. The molecule has 37 heavy (non-hydrogen) atoms. The first-order valence-corrected chi connectivity index (χ1v) is 13.9. The molecule has 1 aliphatic rings. The molecule has 0 amide bonds. The molecule has 0 saturated carbocycles. The molecule has 0 bridgehead atoms. The average molecular weight is 535 g/mol. The van der Waals surface area contributed by atoms with Crippen molar-refractivity contribution in [1.29, 1.82) is 0 Å². The second kappa shape index (κ2) is 11.2. The molecule has 0 spiro atoms. The topological polar surface area (TPSA) is 142 Å². The average Bonchev–Trinajstić information content (AvgIpc) is 3.20. The minimum absolute atomic E-state index is 0.0226. The standard InChI is InChI=1S/C24H34N6O6S/c1-5-7-21-25-16(3)22-24(32)26-23(27-30(21)22)17-14-20(19(35-4)15-18(17)36-6-2)37(33,34)29-10-8-28(9-11-29)12-13-31/h14-15,31H,5-13H2,1-4H3,(H,26,27,32). The molecular weight excluding hydrogens is 500 g/mol. The Morgan fingerprint density at radius 2 is 1.86 bits per heavy atom. The van der Waals surface area contributed by atoms with Gasteiger partial charge in [-0.15, -0.1) is 5.10 Å². The van der Waals surface area contributed by atoms with E-state index < -0.39 is 10.0 Å². The maximum Gasteiger partial charge on any atom is 0.277 e. The van der Waals surface area contributed by atoms with Crippen molar-refractivity contribution in [1.82, 2.24) is 28.8 Å². The van der Waals surface area contributed by atoms with E-state index in [4.69, 9.17) is 9.47 Å². The largest absolute Gasteiger partial charge is 0.495 e. The van der Waals surface area contributed by atoms with E-state index in [1.165, 1.54) is 28.1 Å². The fourth-order valence-electron chi connectivity index (χ4n) is 4.58. The summed E-state index contributed by atoms with van der Waals surface area (Å²) in [4.78, 5) is 22.3. The number of nitrogens with zero attached hydrogens (tertiary/aromatic N) is 5. The van der Waals surface area contributed by atoms with Crippen LogP contribution in [0.2, 0.25) is 0 Å². The van der Waals surface area contributed by atoms with Crippen LogP contribution in [-0.2, 0) is 16.4 Å². The summed E-state index contributed by atoms with van der Waals surface area (Å²) >= 11 is 0. The van der Waals surface area contributed by atoms with E-state index >= 15 is 0 Å². The molecule has 3 aromatic rings. The van der Waals surface area contributed by atoms with Crippen LogP contribution < -0.4 is 15.0 Å². The zero-order valence-electron chi connectivity index (χ0n) is 21.7. The molecule has 2 N–H and O–H groups in total. The Bertz CT molecular complexity index is 1430. The highest BCUT2D eigenvalue weighted by Crippen LogP contribution is 2.38. The van der Waals surface area contributed by atoms with Gasteiger partial charge in [-0.2, -0.15) is 4.31 Å². The Kier molecular flexibility index (Phi) is 8.17. The van der Waals surface area contributed by atoms with Gasteiger partial charge in [-0.1, -0.05) is 6.92 Å². The molecule has 1 aromatic carbocycles. The molecule has 0 unspecified atom stereocenters. The summed E-state index contributed by atoms with van der Waals surface area (Å²) in [5.74, 6) is 1.30. The van der Waals surface area contributed by atoms with Gasteiger partial charge in [-0.25, -0.2) is 17.9 Å². The van der Waals surface area contributed by atoms with Gasteiger partial charge in [0.15, 0.2) is 11.3 Å². The van der Waals surface area contributed by atoms with Crippen molar-refractivity contribution in [3.05, 3.63) is 34.0 Å². The second-order valence-corrected chi connectivity index (χ2v) is 10.7. The van der Waals surface area contributed by atoms with Crippen LogP contribution in [0.15, 0.2) is 21.8 Å². The third kappa shape index (κ3) is 5.21. The van der Waals surface area contributed by atoms with Crippen molar-refractivity contribution in [2.24, 2.45) is 0 Å². The fourth-order valence-corrected chi connectivity index (χ4v) is 6.16. The highest BCUT2D eigenvalue weighted by Gasteiger charge is 2.32. The lowest BCUT2D eigenvalue weighted by Crippen LogP contribution is -2.49. The number of aromatic amines is 1. The minimum Gasteiger partial charge on any atom is -0.495 e. The fraction of sp³-hybridized carbons (Fsp3) is 0.542. The number of rotatable bonds is 10. The van der Waals surface area contributed by atoms with Crippen molar-refractivity contribution < 1.29 is 23.0 Å². The predicted molar refractivity (Wildman–Crippen MR) is 138 cm³/mol. The first kappa shape index (κ1) is 27.0. The van der Waals surface area contributed by atoms with Crippen LogP contribution >= 0.6 is 0 Å². The smallest absolute Gasteiger partial charge is 0.277 e. The number of benzene rings is 1. The molecule has 0 atom stereocenters. The summed E-state index contributed by atoms with van der Waals surface area (Å²) < 4.78 is 41.7. The maximum absolute atomic E-state index is 13.7. The Hall–Kier alpha value is -3.00. The number of ether oxygens (including phenoxy) is 2. The van der Waals surface area contributed by atoms with Gasteiger partial charge in [0.1, 0.15) is 22.2 Å². The number of aliphatic hydroxyl groups excluding tert-OH is 1. The van der Waals surface area contributed by atoms with Gasteiger partial charge >= 0.3 is 0 Å². The maximum atomic E-state index is 13.7. The van der Waals surface area contributed by atoms with Gasteiger partial charge in [0.05, 0.1) is 31.6 Å². The first-order chi connectivity index (χ1) is 17.7. The number of nitrogens with one attached hydrogen (secondary N) is 1. The molecule has 1 saturated heterocycles. The SMILES string of the molecule is CCCc1nc(C)c2c(=O)[nH]c(-c3cc(S(=O)(=O)N4CCN(CCO)CC4)c(OC)cc3OCC)nn12. The normalized spacial score (nSPS) is 15.4. The third-order valence-electron chi connectivity index (χ3n) is 6.40. The van der Waals surface area contributed by atoms with E-state index in [0.717, 1.165) is 6.42 Å². The molecule has 12 nitrogen and oxygen atoms in total. The molecule has 4 rings (SSSR count). The van der Waals surface area contributed by atoms with Crippen LogP contribution in [0.1, 0.15) is 31.8 Å². The molecule has 2 aromatic heterocycles. The summed E-state index contributed by atoms with van der Waals surface area (Å²) in [7, 11) is -2.54. The van der Waals surface area contributed by atoms with Gasteiger partial charge in [0.25, 0.3) is 5.56 Å². The Morgan fingerprint density at radius 1 is 1.14 bits per heavy atom. The van der Waals surface area contributed by atoms with E-state index in [0.29, 0.717) is 61.0 Å². The molecule has 3 heterocycles. The minimum atomic E-state index is -3.95. The van der Waals surface area contributed by atoms with Gasteiger partial charge in [0, 0.05) is 45.2 Å². The summed E-state index contributed by atoms with van der Waals surface area (Å²) in [5.41, 5.74) is 0.882. The summed E-state index contributed by atoms with van der Waals surface area (Å²) in [6, 6.07) is 2.97. The number of H-pyrrole nitrogens is 1. The van der Waals surface area contributed by atoms with Crippen LogP contribution in [0.4, 0.5) is 0 Å². The van der Waals surface area contributed by atoms with E-state index in [1.807, 2.05) is 18.7 Å². The molecular formula is C24H34N6O6S. The summed E-state index contributed by atoms with van der Waals surface area (Å²) in [6.45, 7) is 8.01. The lowest BCUT2D eigenvalue weighted by molar-refractivity contribution is 0.151.